The van der Waals surface area contributed by atoms with Gasteiger partial charge < -0.3 is 32.5 Å². The van der Waals surface area contributed by atoms with Crippen molar-refractivity contribution in [2.45, 2.75) is 70.1 Å². The quantitative estimate of drug-likeness (QED) is 0.173. The molecule has 4 atom stereocenters. The third-order valence-electron chi connectivity index (χ3n) is 6.36. The standard InChI is InChI=1S/C29H41N5O5/c1-19(2)25(34-26(35)22(31)17-20-11-5-3-6-12-20)28(37)33-24(18-21-13-7-4-8-14-21)27(36)32-23(29(38)39)15-9-10-16-30/h3-8,11-14,19,22-25H,9-10,15-18,30-31H2,1-2H3,(H,32,36)(H,33,37)(H,34,35)(H,38,39). The van der Waals surface area contributed by atoms with Crippen LogP contribution in [0, 0.1) is 5.92 Å². The van der Waals surface area contributed by atoms with Crippen LogP contribution in [0.5, 0.6) is 0 Å². The minimum atomic E-state index is -1.16. The summed E-state index contributed by atoms with van der Waals surface area (Å²) in [6, 6.07) is 14.4. The van der Waals surface area contributed by atoms with Crippen molar-refractivity contribution in [3.63, 3.8) is 0 Å². The number of aliphatic carboxylic acids is 1. The van der Waals surface area contributed by atoms with E-state index in [1.165, 1.54) is 0 Å². The van der Waals surface area contributed by atoms with Crippen LogP contribution in [0.3, 0.4) is 0 Å². The fourth-order valence-electron chi connectivity index (χ4n) is 4.10. The van der Waals surface area contributed by atoms with Gasteiger partial charge in [-0.1, -0.05) is 74.5 Å². The summed E-state index contributed by atoms with van der Waals surface area (Å²) in [6.07, 6.45) is 1.83. The molecule has 10 nitrogen and oxygen atoms in total. The molecule has 0 radical (unpaired) electrons. The van der Waals surface area contributed by atoms with Crippen LogP contribution < -0.4 is 27.4 Å². The van der Waals surface area contributed by atoms with Gasteiger partial charge in [-0.25, -0.2) is 4.79 Å². The molecule has 0 bridgehead atoms. The van der Waals surface area contributed by atoms with Crippen LogP contribution in [0.1, 0.15) is 44.2 Å². The van der Waals surface area contributed by atoms with Crippen molar-refractivity contribution < 1.29 is 24.3 Å². The number of nitrogens with two attached hydrogens (primary N) is 2. The Kier molecular flexibility index (Phi) is 13.1. The first-order valence-corrected chi connectivity index (χ1v) is 13.3. The molecule has 0 aromatic heterocycles. The lowest BCUT2D eigenvalue weighted by Crippen LogP contribution is -2.59. The van der Waals surface area contributed by atoms with Gasteiger partial charge in [0.2, 0.25) is 17.7 Å². The minimum absolute atomic E-state index is 0.139. The number of benzene rings is 2. The lowest BCUT2D eigenvalue weighted by molar-refractivity contribution is -0.142. The van der Waals surface area contributed by atoms with Crippen LogP contribution in [-0.2, 0) is 32.0 Å². The Labute approximate surface area is 229 Å². The molecule has 0 heterocycles. The monoisotopic (exact) mass is 539 g/mol. The lowest BCUT2D eigenvalue weighted by Gasteiger charge is -2.27. The van der Waals surface area contributed by atoms with Crippen molar-refractivity contribution >= 4 is 23.7 Å². The topological polar surface area (TPSA) is 177 Å². The summed E-state index contributed by atoms with van der Waals surface area (Å²) in [7, 11) is 0. The van der Waals surface area contributed by atoms with E-state index in [-0.39, 0.29) is 18.8 Å². The summed E-state index contributed by atoms with van der Waals surface area (Å²) in [5.74, 6) is -3.13. The van der Waals surface area contributed by atoms with E-state index in [2.05, 4.69) is 16.0 Å². The molecular weight excluding hydrogens is 498 g/mol. The first-order chi connectivity index (χ1) is 18.6. The Hall–Kier alpha value is -3.76. The predicted octanol–water partition coefficient (Wildman–Crippen LogP) is 1.12. The van der Waals surface area contributed by atoms with Gasteiger partial charge >= 0.3 is 5.97 Å². The first kappa shape index (κ1) is 31.5. The number of unbranched alkanes of at least 4 members (excludes halogenated alkanes) is 1. The maximum absolute atomic E-state index is 13.4. The molecule has 4 unspecified atom stereocenters. The Morgan fingerprint density at radius 2 is 1.28 bits per heavy atom. The molecule has 0 aliphatic heterocycles. The summed E-state index contributed by atoms with van der Waals surface area (Å²) in [4.78, 5) is 51.2. The number of carbonyl (C=O) groups excluding carboxylic acids is 3. The van der Waals surface area contributed by atoms with E-state index < -0.39 is 47.9 Å². The molecule has 0 saturated heterocycles. The number of rotatable bonds is 16. The van der Waals surface area contributed by atoms with E-state index in [1.807, 2.05) is 60.7 Å². The largest absolute Gasteiger partial charge is 0.480 e. The van der Waals surface area contributed by atoms with Crippen molar-refractivity contribution in [2.24, 2.45) is 17.4 Å². The SMILES string of the molecule is CC(C)C(NC(=O)C(N)Cc1ccccc1)C(=O)NC(Cc1ccccc1)C(=O)NC(CCCCN)C(=O)O. The number of carboxylic acid groups (broad SMARTS) is 1. The number of hydrogen-bond acceptors (Lipinski definition) is 6. The summed E-state index contributed by atoms with van der Waals surface area (Å²) < 4.78 is 0. The zero-order chi connectivity index (χ0) is 28.8. The average Bonchev–Trinajstić information content (AvgIpc) is 2.91. The predicted molar refractivity (Wildman–Crippen MR) is 149 cm³/mol. The molecule has 8 N–H and O–H groups in total. The zero-order valence-corrected chi connectivity index (χ0v) is 22.6. The van der Waals surface area contributed by atoms with Crippen LogP contribution in [-0.4, -0.2) is 59.5 Å². The van der Waals surface area contributed by atoms with Crippen LogP contribution >= 0.6 is 0 Å². The third kappa shape index (κ3) is 10.9. The number of hydrogen-bond donors (Lipinski definition) is 6. The Morgan fingerprint density at radius 1 is 0.744 bits per heavy atom. The smallest absolute Gasteiger partial charge is 0.326 e. The molecule has 39 heavy (non-hydrogen) atoms. The number of carbonyl (C=O) groups is 4. The minimum Gasteiger partial charge on any atom is -0.480 e. The maximum atomic E-state index is 13.4. The van der Waals surface area contributed by atoms with E-state index in [0.29, 0.717) is 25.8 Å². The normalized spacial score (nSPS) is 14.1. The first-order valence-electron chi connectivity index (χ1n) is 13.3. The summed E-state index contributed by atoms with van der Waals surface area (Å²) in [6.45, 7) is 3.97. The highest BCUT2D eigenvalue weighted by atomic mass is 16.4. The van der Waals surface area contributed by atoms with Crippen molar-refractivity contribution in [1.29, 1.82) is 0 Å². The Bertz CT molecular complexity index is 1060. The molecule has 2 aromatic carbocycles. The van der Waals surface area contributed by atoms with Gasteiger partial charge in [0, 0.05) is 6.42 Å². The molecule has 0 spiro atoms. The maximum Gasteiger partial charge on any atom is 0.326 e. The van der Waals surface area contributed by atoms with Crippen molar-refractivity contribution in [3.8, 4) is 0 Å². The summed E-state index contributed by atoms with van der Waals surface area (Å²) in [5, 5.41) is 17.6. The molecule has 0 saturated carbocycles. The van der Waals surface area contributed by atoms with Crippen LogP contribution in [0.15, 0.2) is 60.7 Å². The van der Waals surface area contributed by atoms with Gasteiger partial charge in [0.25, 0.3) is 0 Å². The highest BCUT2D eigenvalue weighted by molar-refractivity contribution is 5.94. The second-order valence-corrected chi connectivity index (χ2v) is 9.96. The van der Waals surface area contributed by atoms with Gasteiger partial charge in [-0.2, -0.15) is 0 Å². The van der Waals surface area contributed by atoms with E-state index in [0.717, 1.165) is 11.1 Å². The molecule has 10 heteroatoms. The third-order valence-corrected chi connectivity index (χ3v) is 6.36. The second-order valence-electron chi connectivity index (χ2n) is 9.96. The lowest BCUT2D eigenvalue weighted by atomic mass is 9.99. The molecular formula is C29H41N5O5. The molecule has 3 amide bonds. The number of carboxylic acids is 1. The van der Waals surface area contributed by atoms with E-state index in [1.54, 1.807) is 13.8 Å². The van der Waals surface area contributed by atoms with Gasteiger partial charge in [-0.15, -0.1) is 0 Å². The fraction of sp³-hybridized carbons (Fsp3) is 0.448. The van der Waals surface area contributed by atoms with E-state index >= 15 is 0 Å². The highest BCUT2D eigenvalue weighted by Gasteiger charge is 2.31. The van der Waals surface area contributed by atoms with Crippen LogP contribution in [0.4, 0.5) is 0 Å². The molecule has 2 aromatic rings. The highest BCUT2D eigenvalue weighted by Crippen LogP contribution is 2.09. The molecule has 2 rings (SSSR count). The van der Waals surface area contributed by atoms with E-state index in [4.69, 9.17) is 11.5 Å². The summed E-state index contributed by atoms with van der Waals surface area (Å²) >= 11 is 0. The van der Waals surface area contributed by atoms with Crippen LogP contribution in [0.25, 0.3) is 0 Å². The average molecular weight is 540 g/mol. The molecule has 212 valence electrons. The molecule has 0 aliphatic rings. The Morgan fingerprint density at radius 3 is 1.79 bits per heavy atom. The van der Waals surface area contributed by atoms with Gasteiger partial charge in [-0.05, 0) is 49.3 Å². The summed E-state index contributed by atoms with van der Waals surface area (Å²) in [5.41, 5.74) is 13.3. The fourth-order valence-corrected chi connectivity index (χ4v) is 4.10. The van der Waals surface area contributed by atoms with Crippen molar-refractivity contribution in [1.82, 2.24) is 16.0 Å². The van der Waals surface area contributed by atoms with Crippen molar-refractivity contribution in [2.75, 3.05) is 6.54 Å². The zero-order valence-electron chi connectivity index (χ0n) is 22.6. The van der Waals surface area contributed by atoms with Gasteiger partial charge in [0.05, 0.1) is 6.04 Å². The molecule has 0 aliphatic carbocycles. The van der Waals surface area contributed by atoms with Crippen molar-refractivity contribution in [3.05, 3.63) is 71.8 Å². The Balaban J connectivity index is 2.15. The van der Waals surface area contributed by atoms with Crippen LogP contribution in [0.2, 0.25) is 0 Å². The second kappa shape index (κ2) is 16.3. The van der Waals surface area contributed by atoms with Gasteiger partial charge in [0.15, 0.2) is 0 Å². The number of nitrogens with one attached hydrogen (secondary N) is 3. The number of amides is 3. The van der Waals surface area contributed by atoms with E-state index in [9.17, 15) is 24.3 Å². The molecule has 0 fully saturated rings. The van der Waals surface area contributed by atoms with Gasteiger partial charge in [-0.3, -0.25) is 14.4 Å². The van der Waals surface area contributed by atoms with Gasteiger partial charge in [0.1, 0.15) is 18.1 Å².